The number of benzene rings is 1. The first-order valence-corrected chi connectivity index (χ1v) is 8.12. The number of nitrogens with one attached hydrogen (secondary N) is 1. The summed E-state index contributed by atoms with van der Waals surface area (Å²) in [5.74, 6) is 2.04. The van der Waals surface area contributed by atoms with Crippen LogP contribution in [0, 0.1) is 0 Å². The Bertz CT molecular complexity index is 368. The van der Waals surface area contributed by atoms with E-state index < -0.39 is 0 Å². The van der Waals surface area contributed by atoms with Crippen LogP contribution in [0.5, 0.6) is 5.75 Å². The first-order chi connectivity index (χ1) is 8.29. The largest absolute Gasteiger partial charge is 0.492 e. The summed E-state index contributed by atoms with van der Waals surface area (Å²) in [7, 11) is 0. The second-order valence-electron chi connectivity index (χ2n) is 4.25. The molecule has 17 heavy (non-hydrogen) atoms. The number of ether oxygens (including phenoxy) is 1. The van der Waals surface area contributed by atoms with Crippen LogP contribution < -0.4 is 10.1 Å². The Kier molecular flexibility index (Phi) is 5.19. The van der Waals surface area contributed by atoms with E-state index >= 15 is 0 Å². The van der Waals surface area contributed by atoms with Gasteiger partial charge in [-0.15, -0.1) is 0 Å². The number of halogens is 1. The summed E-state index contributed by atoms with van der Waals surface area (Å²) in [6.07, 6.45) is 4.73. The summed E-state index contributed by atoms with van der Waals surface area (Å²) < 4.78 is 6.92. The normalized spacial score (nSPS) is 14.9. The minimum absolute atomic E-state index is 0.730. The van der Waals surface area contributed by atoms with E-state index in [4.69, 9.17) is 4.74 Å². The summed E-state index contributed by atoms with van der Waals surface area (Å²) in [6.45, 7) is 1.68. The molecule has 0 bridgehead atoms. The topological polar surface area (TPSA) is 21.3 Å². The maximum atomic E-state index is 5.80. The molecule has 0 saturated heterocycles. The summed E-state index contributed by atoms with van der Waals surface area (Å²) in [4.78, 5) is 0. The van der Waals surface area contributed by atoms with Crippen LogP contribution in [0.3, 0.4) is 0 Å². The van der Waals surface area contributed by atoms with Crippen LogP contribution in [0.2, 0.25) is 0 Å². The molecule has 1 N–H and O–H groups in total. The number of rotatable bonds is 7. The van der Waals surface area contributed by atoms with Crippen molar-refractivity contribution < 1.29 is 4.74 Å². The predicted molar refractivity (Wildman–Crippen MR) is 77.9 cm³/mol. The molecular formula is C13H18BrNOS. The van der Waals surface area contributed by atoms with Gasteiger partial charge >= 0.3 is 0 Å². The van der Waals surface area contributed by atoms with Gasteiger partial charge in [0.15, 0.2) is 0 Å². The lowest BCUT2D eigenvalue weighted by atomic mass is 10.2. The Balaban J connectivity index is 1.95. The first kappa shape index (κ1) is 13.2. The highest BCUT2D eigenvalue weighted by atomic mass is 79.9. The van der Waals surface area contributed by atoms with E-state index in [0.717, 1.165) is 35.2 Å². The quantitative estimate of drug-likeness (QED) is 0.779. The van der Waals surface area contributed by atoms with Gasteiger partial charge in [-0.25, -0.2) is 0 Å². The Morgan fingerprint density at radius 2 is 2.29 bits per heavy atom. The van der Waals surface area contributed by atoms with E-state index in [1.54, 1.807) is 0 Å². The third-order valence-corrected chi connectivity index (χ3v) is 3.79. The van der Waals surface area contributed by atoms with E-state index in [0.29, 0.717) is 0 Å². The lowest BCUT2D eigenvalue weighted by molar-refractivity contribution is 0.339. The zero-order chi connectivity index (χ0) is 12.1. The second-order valence-corrected chi connectivity index (χ2v) is 6.15. The zero-order valence-electron chi connectivity index (χ0n) is 10.0. The molecule has 1 aromatic carbocycles. The van der Waals surface area contributed by atoms with Crippen molar-refractivity contribution in [1.82, 2.24) is 5.32 Å². The van der Waals surface area contributed by atoms with E-state index in [2.05, 4.69) is 33.6 Å². The molecule has 0 spiro atoms. The van der Waals surface area contributed by atoms with Gasteiger partial charge in [-0.2, -0.15) is 11.8 Å². The van der Waals surface area contributed by atoms with Crippen LogP contribution in [0.15, 0.2) is 22.7 Å². The van der Waals surface area contributed by atoms with Crippen molar-refractivity contribution in [2.24, 2.45) is 0 Å². The Morgan fingerprint density at radius 1 is 1.47 bits per heavy atom. The summed E-state index contributed by atoms with van der Waals surface area (Å²) in [5.41, 5.74) is 1.24. The average molecular weight is 316 g/mol. The number of hydrogen-bond acceptors (Lipinski definition) is 3. The van der Waals surface area contributed by atoms with Crippen LogP contribution in [0.1, 0.15) is 18.4 Å². The third kappa shape index (κ3) is 4.53. The minimum atomic E-state index is 0.730. The van der Waals surface area contributed by atoms with Crippen LogP contribution in [-0.2, 0) is 6.54 Å². The molecule has 94 valence electrons. The monoisotopic (exact) mass is 315 g/mol. The summed E-state index contributed by atoms with van der Waals surface area (Å²) in [6, 6.07) is 6.96. The molecule has 0 heterocycles. The molecule has 1 saturated carbocycles. The number of thioether (sulfide) groups is 1. The highest BCUT2D eigenvalue weighted by Gasteiger charge is 2.20. The molecule has 0 aromatic heterocycles. The van der Waals surface area contributed by atoms with Crippen molar-refractivity contribution in [2.75, 3.05) is 18.6 Å². The molecule has 2 rings (SSSR count). The van der Waals surface area contributed by atoms with Crippen molar-refractivity contribution >= 4 is 27.7 Å². The van der Waals surface area contributed by atoms with Crippen molar-refractivity contribution in [3.8, 4) is 5.75 Å². The fourth-order valence-electron chi connectivity index (χ4n) is 1.60. The Labute approximate surface area is 116 Å². The van der Waals surface area contributed by atoms with Gasteiger partial charge in [0.25, 0.3) is 0 Å². The van der Waals surface area contributed by atoms with Crippen LogP contribution >= 0.6 is 27.7 Å². The highest BCUT2D eigenvalue weighted by molar-refractivity contribution is 9.10. The molecule has 0 unspecified atom stereocenters. The van der Waals surface area contributed by atoms with Crippen LogP contribution in [-0.4, -0.2) is 24.7 Å². The predicted octanol–water partition coefficient (Wildman–Crippen LogP) is 3.44. The van der Waals surface area contributed by atoms with E-state index in [-0.39, 0.29) is 0 Å². The van der Waals surface area contributed by atoms with E-state index in [1.807, 2.05) is 23.9 Å². The molecule has 4 heteroatoms. The highest BCUT2D eigenvalue weighted by Crippen LogP contribution is 2.25. The van der Waals surface area contributed by atoms with E-state index in [9.17, 15) is 0 Å². The van der Waals surface area contributed by atoms with Gasteiger partial charge in [-0.05, 0) is 37.3 Å². The minimum Gasteiger partial charge on any atom is -0.492 e. The lowest BCUT2D eigenvalue weighted by Crippen LogP contribution is -2.16. The summed E-state index contributed by atoms with van der Waals surface area (Å²) in [5, 5.41) is 3.52. The van der Waals surface area contributed by atoms with Gasteiger partial charge in [0, 0.05) is 28.4 Å². The molecule has 1 aliphatic carbocycles. The second kappa shape index (κ2) is 6.66. The van der Waals surface area contributed by atoms with Gasteiger partial charge in [-0.3, -0.25) is 0 Å². The average Bonchev–Trinajstić information content (AvgIpc) is 3.13. The van der Waals surface area contributed by atoms with Crippen molar-refractivity contribution in [2.45, 2.75) is 25.4 Å². The molecule has 2 nitrogen and oxygen atoms in total. The zero-order valence-corrected chi connectivity index (χ0v) is 12.4. The smallest absolute Gasteiger partial charge is 0.123 e. The van der Waals surface area contributed by atoms with Crippen molar-refractivity contribution in [3.05, 3.63) is 28.2 Å². The van der Waals surface area contributed by atoms with Gasteiger partial charge in [0.05, 0.1) is 6.61 Å². The van der Waals surface area contributed by atoms with E-state index in [1.165, 1.54) is 18.4 Å². The molecule has 1 aromatic rings. The van der Waals surface area contributed by atoms with Gasteiger partial charge in [0.1, 0.15) is 5.75 Å². The molecular weight excluding hydrogens is 298 g/mol. The van der Waals surface area contributed by atoms with Crippen LogP contribution in [0.25, 0.3) is 0 Å². The van der Waals surface area contributed by atoms with Gasteiger partial charge in [-0.1, -0.05) is 15.9 Å². The molecule has 1 fully saturated rings. The fourth-order valence-corrected chi connectivity index (χ4v) is 2.26. The van der Waals surface area contributed by atoms with Crippen molar-refractivity contribution in [1.29, 1.82) is 0 Å². The van der Waals surface area contributed by atoms with Crippen LogP contribution in [0.4, 0.5) is 0 Å². The molecule has 0 amide bonds. The summed E-state index contributed by atoms with van der Waals surface area (Å²) >= 11 is 5.32. The van der Waals surface area contributed by atoms with Crippen molar-refractivity contribution in [3.63, 3.8) is 0 Å². The maximum Gasteiger partial charge on any atom is 0.123 e. The SMILES string of the molecule is CSCCOc1ccc(Br)cc1CNC1CC1. The molecule has 0 atom stereocenters. The first-order valence-electron chi connectivity index (χ1n) is 5.93. The number of hydrogen-bond donors (Lipinski definition) is 1. The Morgan fingerprint density at radius 3 is 3.00 bits per heavy atom. The molecule has 0 radical (unpaired) electrons. The van der Waals surface area contributed by atoms with Gasteiger partial charge < -0.3 is 10.1 Å². The third-order valence-electron chi connectivity index (χ3n) is 2.73. The van der Waals surface area contributed by atoms with Gasteiger partial charge in [0.2, 0.25) is 0 Å². The molecule has 0 aliphatic heterocycles. The maximum absolute atomic E-state index is 5.80. The molecule has 1 aliphatic rings. The standard InChI is InChI=1S/C13H18BrNOS/c1-17-7-6-16-13-5-2-11(14)8-10(13)9-15-12-3-4-12/h2,5,8,12,15H,3-4,6-7,9H2,1H3. The lowest BCUT2D eigenvalue weighted by Gasteiger charge is -2.12. The fraction of sp³-hybridized carbons (Fsp3) is 0.538. The Hall–Kier alpha value is -0.190.